The zero-order chi connectivity index (χ0) is 33.9. The number of hydrogen-bond donors (Lipinski definition) is 0. The standard InChI is InChI=1S/C48H28N4/c1-2-12-29(13-3-1)31-15-8-16-32(28-31)45-48(50-46-33-17-5-4-14-30(33)26-27-38(46)49-45)52-40-23-10-19-35-37-21-9-20-36-34-18-6-7-22-39(34)51(47(36)37)41-24-11-25-42(52)44(41)43(35)40/h1-28H. The lowest BCUT2D eigenvalue weighted by Crippen LogP contribution is -2.04. The van der Waals surface area contributed by atoms with Crippen LogP contribution in [-0.4, -0.2) is 18.9 Å². The third-order valence-corrected chi connectivity index (χ3v) is 11.0. The fourth-order valence-corrected chi connectivity index (χ4v) is 8.82. The fraction of sp³-hybridized carbons (Fsp3) is 0. The van der Waals surface area contributed by atoms with Gasteiger partial charge in [-0.3, -0.25) is 4.57 Å². The minimum atomic E-state index is 0.819. The summed E-state index contributed by atoms with van der Waals surface area (Å²) in [4.78, 5) is 11.1. The molecule has 0 aliphatic carbocycles. The smallest absolute Gasteiger partial charge is 0.165 e. The van der Waals surface area contributed by atoms with Gasteiger partial charge in [0.2, 0.25) is 0 Å². The van der Waals surface area contributed by atoms with Gasteiger partial charge in [-0.1, -0.05) is 133 Å². The maximum absolute atomic E-state index is 5.64. The molecule has 4 aromatic heterocycles. The predicted molar refractivity (Wildman–Crippen MR) is 217 cm³/mol. The van der Waals surface area contributed by atoms with Crippen molar-refractivity contribution in [3.05, 3.63) is 170 Å². The first kappa shape index (κ1) is 27.7. The summed E-state index contributed by atoms with van der Waals surface area (Å²) >= 11 is 0. The van der Waals surface area contributed by atoms with E-state index in [0.29, 0.717) is 0 Å². The number of aromatic nitrogens is 4. The van der Waals surface area contributed by atoms with Crippen LogP contribution >= 0.6 is 0 Å². The molecular formula is C48H28N4. The van der Waals surface area contributed by atoms with E-state index < -0.39 is 0 Å². The minimum Gasteiger partial charge on any atom is -0.308 e. The molecule has 4 heterocycles. The highest BCUT2D eigenvalue weighted by Crippen LogP contribution is 2.45. The lowest BCUT2D eigenvalue weighted by molar-refractivity contribution is 1.08. The lowest BCUT2D eigenvalue weighted by atomic mass is 10.0. The van der Waals surface area contributed by atoms with Gasteiger partial charge in [-0.15, -0.1) is 0 Å². The molecule has 0 aliphatic rings. The van der Waals surface area contributed by atoms with Gasteiger partial charge in [0.05, 0.1) is 38.6 Å². The lowest BCUT2D eigenvalue weighted by Gasteiger charge is -2.15. The zero-order valence-electron chi connectivity index (χ0n) is 28.0. The van der Waals surface area contributed by atoms with E-state index >= 15 is 0 Å². The van der Waals surface area contributed by atoms with Crippen molar-refractivity contribution in [1.29, 1.82) is 0 Å². The Bertz CT molecular complexity index is 3410. The van der Waals surface area contributed by atoms with E-state index in [0.717, 1.165) is 55.5 Å². The van der Waals surface area contributed by atoms with E-state index in [1.165, 1.54) is 54.4 Å². The Hall–Kier alpha value is -7.04. The van der Waals surface area contributed by atoms with Crippen LogP contribution in [0.2, 0.25) is 0 Å². The first-order valence-corrected chi connectivity index (χ1v) is 17.8. The molecule has 0 saturated heterocycles. The van der Waals surface area contributed by atoms with Crippen LogP contribution in [0.1, 0.15) is 0 Å². The van der Waals surface area contributed by atoms with Crippen molar-refractivity contribution in [3.63, 3.8) is 0 Å². The Morgan fingerprint density at radius 1 is 0.385 bits per heavy atom. The second-order valence-electron chi connectivity index (χ2n) is 13.8. The molecule has 0 unspecified atom stereocenters. The highest BCUT2D eigenvalue weighted by atomic mass is 15.1. The van der Waals surface area contributed by atoms with E-state index in [-0.39, 0.29) is 0 Å². The fourth-order valence-electron chi connectivity index (χ4n) is 8.82. The van der Waals surface area contributed by atoms with Crippen molar-refractivity contribution in [1.82, 2.24) is 18.9 Å². The van der Waals surface area contributed by atoms with Gasteiger partial charge in [0.25, 0.3) is 0 Å². The van der Waals surface area contributed by atoms with Gasteiger partial charge in [-0.25, -0.2) is 9.97 Å². The van der Waals surface area contributed by atoms with Gasteiger partial charge in [0, 0.05) is 37.9 Å². The van der Waals surface area contributed by atoms with Crippen LogP contribution in [-0.2, 0) is 0 Å². The predicted octanol–water partition coefficient (Wildman–Crippen LogP) is 12.4. The van der Waals surface area contributed by atoms with E-state index in [4.69, 9.17) is 9.97 Å². The molecule has 4 heteroatoms. The molecule has 0 bridgehead atoms. The summed E-state index contributed by atoms with van der Waals surface area (Å²) in [7, 11) is 0. The zero-order valence-corrected chi connectivity index (χ0v) is 28.0. The van der Waals surface area contributed by atoms with Crippen LogP contribution in [0, 0.1) is 0 Å². The van der Waals surface area contributed by atoms with Crippen LogP contribution in [0.5, 0.6) is 0 Å². The van der Waals surface area contributed by atoms with Gasteiger partial charge in [-0.2, -0.15) is 0 Å². The molecule has 0 N–H and O–H groups in total. The summed E-state index contributed by atoms with van der Waals surface area (Å²) in [5.74, 6) is 0.819. The molecule has 0 spiro atoms. The number of hydrogen-bond acceptors (Lipinski definition) is 2. The van der Waals surface area contributed by atoms with Crippen molar-refractivity contribution < 1.29 is 0 Å². The van der Waals surface area contributed by atoms with Crippen molar-refractivity contribution in [2.45, 2.75) is 0 Å². The SMILES string of the molecule is c1ccc(-c2cccc(-c3nc4ccc5ccccc5c4nc3-n3c4cccc5c6cccc7c8ccccc8n(c8cccc3c8c54)c67)c2)cc1. The third kappa shape index (κ3) is 3.65. The highest BCUT2D eigenvalue weighted by Gasteiger charge is 2.24. The molecule has 12 aromatic rings. The first-order chi connectivity index (χ1) is 25.8. The molecule has 12 rings (SSSR count). The van der Waals surface area contributed by atoms with Crippen LogP contribution < -0.4 is 0 Å². The van der Waals surface area contributed by atoms with E-state index in [2.05, 4.69) is 179 Å². The number of fused-ring (bicyclic) bond motifs is 8. The van der Waals surface area contributed by atoms with Crippen LogP contribution in [0.4, 0.5) is 0 Å². The molecule has 0 amide bonds. The second kappa shape index (κ2) is 10.3. The van der Waals surface area contributed by atoms with E-state index in [1.807, 2.05) is 0 Å². The maximum Gasteiger partial charge on any atom is 0.165 e. The minimum absolute atomic E-state index is 0.819. The Kier molecular flexibility index (Phi) is 5.47. The Morgan fingerprint density at radius 2 is 1.00 bits per heavy atom. The first-order valence-electron chi connectivity index (χ1n) is 17.8. The van der Waals surface area contributed by atoms with Crippen LogP contribution in [0.25, 0.3) is 110 Å². The van der Waals surface area contributed by atoms with Gasteiger partial charge < -0.3 is 4.40 Å². The molecule has 0 saturated carbocycles. The summed E-state index contributed by atoms with van der Waals surface area (Å²) in [5, 5.41) is 9.70. The Labute approximate surface area is 297 Å². The molecule has 52 heavy (non-hydrogen) atoms. The largest absolute Gasteiger partial charge is 0.308 e. The van der Waals surface area contributed by atoms with Crippen molar-refractivity contribution in [2.75, 3.05) is 0 Å². The summed E-state index contributed by atoms with van der Waals surface area (Å²) in [6.07, 6.45) is 0. The number of nitrogens with zero attached hydrogens (tertiary/aromatic N) is 4. The summed E-state index contributed by atoms with van der Waals surface area (Å²) in [5.41, 5.74) is 11.8. The van der Waals surface area contributed by atoms with Gasteiger partial charge in [0.1, 0.15) is 5.69 Å². The molecule has 0 radical (unpaired) electrons. The molecule has 240 valence electrons. The van der Waals surface area contributed by atoms with Crippen molar-refractivity contribution >= 4 is 81.7 Å². The molecule has 0 fully saturated rings. The summed E-state index contributed by atoms with van der Waals surface area (Å²) in [6.45, 7) is 0. The summed E-state index contributed by atoms with van der Waals surface area (Å²) < 4.78 is 4.85. The topological polar surface area (TPSA) is 35.1 Å². The quantitative estimate of drug-likeness (QED) is 0.177. The molecule has 0 atom stereocenters. The highest BCUT2D eigenvalue weighted by molar-refractivity contribution is 6.31. The second-order valence-corrected chi connectivity index (χ2v) is 13.8. The normalized spacial score (nSPS) is 12.2. The van der Waals surface area contributed by atoms with Crippen LogP contribution in [0.3, 0.4) is 0 Å². The van der Waals surface area contributed by atoms with Crippen LogP contribution in [0.15, 0.2) is 170 Å². The van der Waals surface area contributed by atoms with Gasteiger partial charge in [0.15, 0.2) is 5.82 Å². The summed E-state index contributed by atoms with van der Waals surface area (Å²) in [6, 6.07) is 61.0. The third-order valence-electron chi connectivity index (χ3n) is 11.0. The van der Waals surface area contributed by atoms with Gasteiger partial charge in [-0.05, 0) is 58.3 Å². The maximum atomic E-state index is 5.64. The van der Waals surface area contributed by atoms with E-state index in [9.17, 15) is 0 Å². The molecular weight excluding hydrogens is 633 g/mol. The average molecular weight is 661 g/mol. The molecule has 0 aliphatic heterocycles. The number of para-hydroxylation sites is 2. The molecule has 8 aromatic carbocycles. The van der Waals surface area contributed by atoms with Crippen molar-refractivity contribution in [3.8, 4) is 28.2 Å². The Morgan fingerprint density at radius 3 is 1.90 bits per heavy atom. The number of benzene rings is 8. The number of rotatable bonds is 3. The molecule has 4 nitrogen and oxygen atoms in total. The van der Waals surface area contributed by atoms with Crippen molar-refractivity contribution in [2.24, 2.45) is 0 Å². The monoisotopic (exact) mass is 660 g/mol. The Balaban J connectivity index is 1.28. The van der Waals surface area contributed by atoms with Gasteiger partial charge >= 0.3 is 0 Å². The average Bonchev–Trinajstić information content (AvgIpc) is 3.69. The van der Waals surface area contributed by atoms with E-state index in [1.54, 1.807) is 0 Å².